The number of nitrogens with one attached hydrogen (secondary N) is 1. The summed E-state index contributed by atoms with van der Waals surface area (Å²) >= 11 is 6.32. The molecule has 2 atom stereocenters. The highest BCUT2D eigenvalue weighted by atomic mass is 35.5. The molecule has 0 radical (unpaired) electrons. The van der Waals surface area contributed by atoms with Gasteiger partial charge >= 0.3 is 0 Å². The molecule has 0 amide bonds. The van der Waals surface area contributed by atoms with Crippen LogP contribution in [0, 0.1) is 0 Å². The Balaban J connectivity index is 2.12. The SMILES string of the molecule is CCCNC(Cc1ccccc1Cl)C1(C)CCCCO1. The molecular weight excluding hydrogens is 270 g/mol. The van der Waals surface area contributed by atoms with Crippen molar-refractivity contribution in [2.24, 2.45) is 0 Å². The zero-order valence-electron chi connectivity index (χ0n) is 12.6. The molecular formula is C17H26ClNO. The summed E-state index contributed by atoms with van der Waals surface area (Å²) in [5, 5.41) is 4.53. The Bertz CT molecular complexity index is 415. The Morgan fingerprint density at radius 2 is 2.15 bits per heavy atom. The van der Waals surface area contributed by atoms with E-state index < -0.39 is 0 Å². The van der Waals surface area contributed by atoms with E-state index in [9.17, 15) is 0 Å². The Hall–Kier alpha value is -0.570. The molecule has 1 aliphatic rings. The molecule has 2 unspecified atom stereocenters. The monoisotopic (exact) mass is 295 g/mol. The minimum absolute atomic E-state index is 0.0768. The average Bonchev–Trinajstić information content (AvgIpc) is 2.46. The van der Waals surface area contributed by atoms with Gasteiger partial charge < -0.3 is 10.1 Å². The fourth-order valence-corrected chi connectivity index (χ4v) is 3.15. The maximum atomic E-state index is 6.32. The molecule has 3 heteroatoms. The summed E-state index contributed by atoms with van der Waals surface area (Å²) in [6, 6.07) is 8.46. The lowest BCUT2D eigenvalue weighted by Crippen LogP contribution is -2.53. The second-order valence-corrected chi connectivity index (χ2v) is 6.33. The van der Waals surface area contributed by atoms with Gasteiger partial charge in [0.15, 0.2) is 0 Å². The number of ether oxygens (including phenoxy) is 1. The highest BCUT2D eigenvalue weighted by Gasteiger charge is 2.36. The molecule has 1 saturated heterocycles. The second-order valence-electron chi connectivity index (χ2n) is 5.92. The first-order valence-electron chi connectivity index (χ1n) is 7.76. The zero-order valence-corrected chi connectivity index (χ0v) is 13.4. The van der Waals surface area contributed by atoms with Crippen molar-refractivity contribution in [2.75, 3.05) is 13.2 Å². The lowest BCUT2D eigenvalue weighted by Gasteiger charge is -2.41. The third-order valence-corrected chi connectivity index (χ3v) is 4.63. The van der Waals surface area contributed by atoms with E-state index in [1.807, 2.05) is 12.1 Å². The van der Waals surface area contributed by atoms with Crippen LogP contribution in [0.3, 0.4) is 0 Å². The predicted molar refractivity (Wildman–Crippen MR) is 85.4 cm³/mol. The summed E-state index contributed by atoms with van der Waals surface area (Å²) in [6.45, 7) is 6.34. The van der Waals surface area contributed by atoms with Crippen LogP contribution in [0.1, 0.15) is 45.1 Å². The molecule has 1 heterocycles. The first-order chi connectivity index (χ1) is 9.65. The number of hydrogen-bond acceptors (Lipinski definition) is 2. The quantitative estimate of drug-likeness (QED) is 0.849. The summed E-state index contributed by atoms with van der Waals surface area (Å²) in [4.78, 5) is 0. The van der Waals surface area contributed by atoms with Crippen molar-refractivity contribution < 1.29 is 4.74 Å². The van der Waals surface area contributed by atoms with Gasteiger partial charge in [-0.15, -0.1) is 0 Å². The van der Waals surface area contributed by atoms with Gasteiger partial charge in [-0.1, -0.05) is 36.7 Å². The van der Waals surface area contributed by atoms with Gasteiger partial charge in [0.05, 0.1) is 5.60 Å². The van der Waals surface area contributed by atoms with Crippen molar-refractivity contribution in [3.63, 3.8) is 0 Å². The fraction of sp³-hybridized carbons (Fsp3) is 0.647. The Labute approximate surface area is 127 Å². The van der Waals surface area contributed by atoms with Crippen LogP contribution in [-0.2, 0) is 11.2 Å². The van der Waals surface area contributed by atoms with Gasteiger partial charge in [0.1, 0.15) is 0 Å². The van der Waals surface area contributed by atoms with Crippen molar-refractivity contribution in [3.05, 3.63) is 34.9 Å². The summed E-state index contributed by atoms with van der Waals surface area (Å²) in [6.07, 6.45) is 5.62. The Morgan fingerprint density at radius 3 is 2.80 bits per heavy atom. The average molecular weight is 296 g/mol. The maximum Gasteiger partial charge on any atom is 0.0810 e. The normalized spacial score (nSPS) is 24.6. The molecule has 1 aromatic rings. The minimum Gasteiger partial charge on any atom is -0.374 e. The lowest BCUT2D eigenvalue weighted by molar-refractivity contribution is -0.0883. The molecule has 2 rings (SSSR count). The van der Waals surface area contributed by atoms with E-state index in [1.165, 1.54) is 18.4 Å². The van der Waals surface area contributed by atoms with Crippen LogP contribution < -0.4 is 5.32 Å². The Morgan fingerprint density at radius 1 is 1.35 bits per heavy atom. The van der Waals surface area contributed by atoms with Gasteiger partial charge in [0, 0.05) is 17.7 Å². The highest BCUT2D eigenvalue weighted by Crippen LogP contribution is 2.30. The van der Waals surface area contributed by atoms with Crippen LogP contribution in [0.25, 0.3) is 0 Å². The Kier molecular flexibility index (Phi) is 5.88. The lowest BCUT2D eigenvalue weighted by atomic mass is 9.84. The number of halogens is 1. The van der Waals surface area contributed by atoms with Gasteiger partial charge in [-0.2, -0.15) is 0 Å². The number of rotatable bonds is 6. The van der Waals surface area contributed by atoms with Crippen LogP contribution in [-0.4, -0.2) is 24.8 Å². The molecule has 112 valence electrons. The van der Waals surface area contributed by atoms with Crippen LogP contribution in [0.5, 0.6) is 0 Å². The van der Waals surface area contributed by atoms with Gasteiger partial charge in [0.25, 0.3) is 0 Å². The fourth-order valence-electron chi connectivity index (χ4n) is 2.94. The molecule has 1 aliphatic heterocycles. The zero-order chi connectivity index (χ0) is 14.4. The van der Waals surface area contributed by atoms with Crippen LogP contribution in [0.2, 0.25) is 5.02 Å². The molecule has 0 bridgehead atoms. The van der Waals surface area contributed by atoms with Gasteiger partial charge in [0.2, 0.25) is 0 Å². The molecule has 2 nitrogen and oxygen atoms in total. The third-order valence-electron chi connectivity index (χ3n) is 4.26. The van der Waals surface area contributed by atoms with E-state index >= 15 is 0 Å². The molecule has 1 N–H and O–H groups in total. The molecule has 0 spiro atoms. The van der Waals surface area contributed by atoms with Crippen molar-refractivity contribution >= 4 is 11.6 Å². The summed E-state index contributed by atoms with van der Waals surface area (Å²) in [5.41, 5.74) is 1.13. The topological polar surface area (TPSA) is 21.3 Å². The largest absolute Gasteiger partial charge is 0.374 e. The van der Waals surface area contributed by atoms with Crippen molar-refractivity contribution in [2.45, 2.75) is 57.6 Å². The first kappa shape index (κ1) is 15.8. The van der Waals surface area contributed by atoms with E-state index in [0.29, 0.717) is 6.04 Å². The molecule has 1 fully saturated rings. The van der Waals surface area contributed by atoms with E-state index in [-0.39, 0.29) is 5.60 Å². The van der Waals surface area contributed by atoms with Crippen LogP contribution in [0.15, 0.2) is 24.3 Å². The van der Waals surface area contributed by atoms with E-state index in [0.717, 1.165) is 37.4 Å². The van der Waals surface area contributed by atoms with Gasteiger partial charge in [-0.25, -0.2) is 0 Å². The van der Waals surface area contributed by atoms with E-state index in [4.69, 9.17) is 16.3 Å². The third kappa shape index (κ3) is 3.97. The molecule has 0 aromatic heterocycles. The second kappa shape index (κ2) is 7.44. The van der Waals surface area contributed by atoms with Crippen molar-refractivity contribution in [1.29, 1.82) is 0 Å². The van der Waals surface area contributed by atoms with Crippen molar-refractivity contribution in [1.82, 2.24) is 5.32 Å². The van der Waals surface area contributed by atoms with E-state index in [1.54, 1.807) is 0 Å². The van der Waals surface area contributed by atoms with Crippen LogP contribution >= 0.6 is 11.6 Å². The summed E-state index contributed by atoms with van der Waals surface area (Å²) in [5.74, 6) is 0. The molecule has 0 aliphatic carbocycles. The van der Waals surface area contributed by atoms with Crippen molar-refractivity contribution in [3.8, 4) is 0 Å². The summed E-state index contributed by atoms with van der Waals surface area (Å²) in [7, 11) is 0. The smallest absolute Gasteiger partial charge is 0.0810 e. The molecule has 0 saturated carbocycles. The number of hydrogen-bond donors (Lipinski definition) is 1. The highest BCUT2D eigenvalue weighted by molar-refractivity contribution is 6.31. The first-order valence-corrected chi connectivity index (χ1v) is 8.14. The molecule has 20 heavy (non-hydrogen) atoms. The predicted octanol–water partition coefficient (Wildman–Crippen LogP) is 4.21. The van der Waals surface area contributed by atoms with Gasteiger partial charge in [-0.3, -0.25) is 0 Å². The van der Waals surface area contributed by atoms with E-state index in [2.05, 4.69) is 31.3 Å². The standard InChI is InChI=1S/C17H26ClNO/c1-3-11-19-16(17(2)10-6-7-12-20-17)13-14-8-4-5-9-15(14)18/h4-5,8-9,16,19H,3,6-7,10-13H2,1-2H3. The van der Waals surface area contributed by atoms with Gasteiger partial charge in [-0.05, 0) is 57.2 Å². The van der Waals surface area contributed by atoms with Crippen LogP contribution in [0.4, 0.5) is 0 Å². The summed E-state index contributed by atoms with van der Waals surface area (Å²) < 4.78 is 6.13. The minimum atomic E-state index is -0.0768. The number of benzene rings is 1. The maximum absolute atomic E-state index is 6.32. The molecule has 1 aromatic carbocycles.